The summed E-state index contributed by atoms with van der Waals surface area (Å²) in [6, 6.07) is 20.6. The molecule has 0 aliphatic carbocycles. The maximum atomic E-state index is 13.8. The van der Waals surface area contributed by atoms with Crippen LogP contribution < -0.4 is 10.2 Å². The fraction of sp³-hybridized carbons (Fsp3) is 0.192. The first-order valence-corrected chi connectivity index (χ1v) is 13.5. The fourth-order valence-corrected chi connectivity index (χ4v) is 5.93. The number of halogens is 1. The molecule has 1 aliphatic heterocycles. The van der Waals surface area contributed by atoms with Crippen molar-refractivity contribution in [1.82, 2.24) is 4.31 Å². The van der Waals surface area contributed by atoms with E-state index in [1.54, 1.807) is 24.3 Å². The molecule has 1 aliphatic rings. The van der Waals surface area contributed by atoms with Gasteiger partial charge in [-0.25, -0.2) is 13.3 Å². The standard InChI is InChI=1S/C26H24BrN3O5S/c1-18(31)28-21-9-13-23(14-10-21)36(34,35)29(16-15-19-5-3-2-4-6-19)24-17-25(32)30(26(24)33)22-11-7-20(27)8-12-22/h2-14,24H,15-17H2,1H3,(H,28,31). The zero-order chi connectivity index (χ0) is 25.9. The molecule has 8 nitrogen and oxygen atoms in total. The van der Waals surface area contributed by atoms with E-state index in [-0.39, 0.29) is 23.8 Å². The van der Waals surface area contributed by atoms with Crippen LogP contribution in [0.2, 0.25) is 0 Å². The zero-order valence-corrected chi connectivity index (χ0v) is 21.8. The summed E-state index contributed by atoms with van der Waals surface area (Å²) in [5, 5.41) is 2.60. The van der Waals surface area contributed by atoms with Crippen LogP contribution in [0.25, 0.3) is 0 Å². The summed E-state index contributed by atoms with van der Waals surface area (Å²) >= 11 is 3.33. The molecular formula is C26H24BrN3O5S. The van der Waals surface area contributed by atoms with Crippen LogP contribution in [0.15, 0.2) is 88.2 Å². The van der Waals surface area contributed by atoms with E-state index in [9.17, 15) is 22.8 Å². The Bertz CT molecular complexity index is 1380. The first kappa shape index (κ1) is 25.7. The number of benzene rings is 3. The first-order chi connectivity index (χ1) is 17.2. The van der Waals surface area contributed by atoms with Gasteiger partial charge >= 0.3 is 0 Å². The molecule has 0 aromatic heterocycles. The van der Waals surface area contributed by atoms with Crippen molar-refractivity contribution in [2.24, 2.45) is 0 Å². The topological polar surface area (TPSA) is 104 Å². The summed E-state index contributed by atoms with van der Waals surface area (Å²) in [7, 11) is -4.16. The summed E-state index contributed by atoms with van der Waals surface area (Å²) < 4.78 is 29.4. The number of nitrogens with one attached hydrogen (secondary N) is 1. The highest BCUT2D eigenvalue weighted by Crippen LogP contribution is 2.30. The van der Waals surface area contributed by atoms with Crippen molar-refractivity contribution in [3.8, 4) is 0 Å². The van der Waals surface area contributed by atoms with Crippen LogP contribution in [0, 0.1) is 0 Å². The van der Waals surface area contributed by atoms with Crippen molar-refractivity contribution in [1.29, 1.82) is 0 Å². The van der Waals surface area contributed by atoms with Crippen LogP contribution in [0.5, 0.6) is 0 Å². The minimum atomic E-state index is -4.16. The molecule has 10 heteroatoms. The third kappa shape index (κ3) is 5.56. The number of carbonyl (C=O) groups is 3. The van der Waals surface area contributed by atoms with Crippen molar-refractivity contribution in [2.45, 2.75) is 30.7 Å². The monoisotopic (exact) mass is 569 g/mol. The van der Waals surface area contributed by atoms with Gasteiger partial charge in [0, 0.05) is 23.6 Å². The number of sulfonamides is 1. The maximum absolute atomic E-state index is 13.8. The molecule has 186 valence electrons. The lowest BCUT2D eigenvalue weighted by atomic mass is 10.1. The second-order valence-corrected chi connectivity index (χ2v) is 11.1. The van der Waals surface area contributed by atoms with E-state index in [0.717, 1.165) is 19.2 Å². The molecule has 3 aromatic rings. The highest BCUT2D eigenvalue weighted by molar-refractivity contribution is 9.10. The summed E-state index contributed by atoms with van der Waals surface area (Å²) in [6.07, 6.45) is 0.104. The van der Waals surface area contributed by atoms with Gasteiger partial charge in [0.25, 0.3) is 5.91 Å². The number of nitrogens with zero attached hydrogens (tertiary/aromatic N) is 2. The number of hydrogen-bond donors (Lipinski definition) is 1. The van der Waals surface area contributed by atoms with E-state index in [0.29, 0.717) is 17.8 Å². The van der Waals surface area contributed by atoms with Crippen LogP contribution in [-0.2, 0) is 30.8 Å². The molecule has 4 rings (SSSR count). The second-order valence-electron chi connectivity index (χ2n) is 8.32. The summed E-state index contributed by atoms with van der Waals surface area (Å²) in [5.41, 5.74) is 1.74. The number of imide groups is 1. The van der Waals surface area contributed by atoms with E-state index in [4.69, 9.17) is 0 Å². The molecule has 36 heavy (non-hydrogen) atoms. The lowest BCUT2D eigenvalue weighted by Gasteiger charge is -2.27. The molecular weight excluding hydrogens is 546 g/mol. The SMILES string of the molecule is CC(=O)Nc1ccc(S(=O)(=O)N(CCc2ccccc2)C2CC(=O)N(c3ccc(Br)cc3)C2=O)cc1. The highest BCUT2D eigenvalue weighted by Gasteiger charge is 2.46. The number of hydrogen-bond acceptors (Lipinski definition) is 5. The van der Waals surface area contributed by atoms with E-state index < -0.39 is 27.9 Å². The Morgan fingerprint density at radius 2 is 1.64 bits per heavy atom. The maximum Gasteiger partial charge on any atom is 0.252 e. The van der Waals surface area contributed by atoms with Gasteiger partial charge in [-0.3, -0.25) is 14.4 Å². The molecule has 0 bridgehead atoms. The van der Waals surface area contributed by atoms with Crippen molar-refractivity contribution >= 4 is 55.0 Å². The van der Waals surface area contributed by atoms with Gasteiger partial charge in [-0.1, -0.05) is 46.3 Å². The number of rotatable bonds is 8. The molecule has 3 amide bonds. The zero-order valence-electron chi connectivity index (χ0n) is 19.4. The van der Waals surface area contributed by atoms with Gasteiger partial charge in [-0.05, 0) is 60.5 Å². The Labute approximate surface area is 218 Å². The van der Waals surface area contributed by atoms with E-state index in [2.05, 4.69) is 21.2 Å². The normalized spacial score (nSPS) is 16.0. The van der Waals surface area contributed by atoms with E-state index in [1.165, 1.54) is 31.2 Å². The van der Waals surface area contributed by atoms with Gasteiger partial charge < -0.3 is 5.32 Å². The van der Waals surface area contributed by atoms with Crippen LogP contribution in [0.1, 0.15) is 18.9 Å². The van der Waals surface area contributed by atoms with Crippen molar-refractivity contribution in [3.05, 3.63) is 88.9 Å². The highest BCUT2D eigenvalue weighted by atomic mass is 79.9. The van der Waals surface area contributed by atoms with Crippen LogP contribution in [0.3, 0.4) is 0 Å². The van der Waals surface area contributed by atoms with Crippen LogP contribution >= 0.6 is 15.9 Å². The first-order valence-electron chi connectivity index (χ1n) is 11.2. The third-order valence-electron chi connectivity index (χ3n) is 5.80. The molecule has 1 fully saturated rings. The van der Waals surface area contributed by atoms with Gasteiger partial charge in [0.05, 0.1) is 17.0 Å². The van der Waals surface area contributed by atoms with Crippen molar-refractivity contribution < 1.29 is 22.8 Å². The predicted molar refractivity (Wildman–Crippen MR) is 140 cm³/mol. The van der Waals surface area contributed by atoms with Gasteiger partial charge in [-0.2, -0.15) is 4.31 Å². The van der Waals surface area contributed by atoms with E-state index >= 15 is 0 Å². The third-order valence-corrected chi connectivity index (χ3v) is 8.25. The average Bonchev–Trinajstić information content (AvgIpc) is 3.14. The molecule has 1 N–H and O–H groups in total. The summed E-state index contributed by atoms with van der Waals surface area (Å²) in [6.45, 7) is 1.37. The molecule has 3 aromatic carbocycles. The van der Waals surface area contributed by atoms with Crippen molar-refractivity contribution in [3.63, 3.8) is 0 Å². The molecule has 1 atom stereocenters. The van der Waals surface area contributed by atoms with Gasteiger partial charge in [0.15, 0.2) is 0 Å². The second kappa shape index (κ2) is 10.7. The average molecular weight is 570 g/mol. The fourth-order valence-electron chi connectivity index (χ4n) is 4.08. The largest absolute Gasteiger partial charge is 0.326 e. The Morgan fingerprint density at radius 3 is 2.25 bits per heavy atom. The molecule has 1 heterocycles. The molecule has 1 unspecified atom stereocenters. The Hall–Kier alpha value is -3.34. The van der Waals surface area contributed by atoms with Crippen molar-refractivity contribution in [2.75, 3.05) is 16.8 Å². The van der Waals surface area contributed by atoms with E-state index in [1.807, 2.05) is 30.3 Å². The predicted octanol–water partition coefficient (Wildman–Crippen LogP) is 3.97. The lowest BCUT2D eigenvalue weighted by Crippen LogP contribution is -2.46. The Kier molecular flexibility index (Phi) is 7.67. The molecule has 0 spiro atoms. The van der Waals surface area contributed by atoms with Gasteiger partial charge in [0.1, 0.15) is 6.04 Å². The summed E-state index contributed by atoms with van der Waals surface area (Å²) in [4.78, 5) is 38.7. The minimum absolute atomic E-state index is 0.0116. The number of carbonyl (C=O) groups excluding carboxylic acids is 3. The van der Waals surface area contributed by atoms with Gasteiger partial charge in [0.2, 0.25) is 21.8 Å². The molecule has 0 saturated carbocycles. The lowest BCUT2D eigenvalue weighted by molar-refractivity contribution is -0.122. The quantitative estimate of drug-likeness (QED) is 0.413. The molecule has 1 saturated heterocycles. The Balaban J connectivity index is 1.67. The number of amides is 3. The van der Waals surface area contributed by atoms with Gasteiger partial charge in [-0.15, -0.1) is 0 Å². The van der Waals surface area contributed by atoms with Crippen LogP contribution in [-0.4, -0.2) is 43.0 Å². The minimum Gasteiger partial charge on any atom is -0.326 e. The smallest absolute Gasteiger partial charge is 0.252 e. The number of anilines is 2. The summed E-state index contributed by atoms with van der Waals surface area (Å²) in [5.74, 6) is -1.33. The Morgan fingerprint density at radius 1 is 1.00 bits per heavy atom. The van der Waals surface area contributed by atoms with Crippen LogP contribution in [0.4, 0.5) is 11.4 Å². The molecule has 0 radical (unpaired) electrons.